The molecule has 0 spiro atoms. The van der Waals surface area contributed by atoms with Gasteiger partial charge in [-0.15, -0.1) is 0 Å². The quantitative estimate of drug-likeness (QED) is 0.447. The summed E-state index contributed by atoms with van der Waals surface area (Å²) in [5.41, 5.74) is 0. The molecule has 1 rings (SSSR count). The van der Waals surface area contributed by atoms with E-state index in [-0.39, 0.29) is 0 Å². The summed E-state index contributed by atoms with van der Waals surface area (Å²) in [6, 6.07) is 10.2. The Bertz CT molecular complexity index is 134. The van der Waals surface area contributed by atoms with Gasteiger partial charge in [0.2, 0.25) is 3.57 Å². The van der Waals surface area contributed by atoms with Crippen molar-refractivity contribution in [2.75, 3.05) is 0 Å². The zero-order valence-corrected chi connectivity index (χ0v) is 5.92. The number of halogens is 1. The molecule has 0 aliphatic carbocycles. The lowest BCUT2D eigenvalue weighted by Gasteiger charge is -1.70. The number of benzene rings is 1. The van der Waals surface area contributed by atoms with Crippen molar-refractivity contribution in [3.05, 3.63) is 33.9 Å². The fraction of sp³-hybridized carbons (Fsp3) is 0. The number of hydrogen-bond acceptors (Lipinski definition) is 0. The highest BCUT2D eigenvalue weighted by molar-refractivity contribution is 4.98. The van der Waals surface area contributed by atoms with Crippen molar-refractivity contribution in [2.24, 2.45) is 0 Å². The molecule has 1 aromatic rings. The average molecular weight is 204 g/mol. The zero-order valence-electron chi connectivity index (χ0n) is 3.76. The van der Waals surface area contributed by atoms with Gasteiger partial charge in [-0.2, -0.15) is 0 Å². The van der Waals surface area contributed by atoms with Crippen LogP contribution in [0, 0.1) is 3.57 Å². The summed E-state index contributed by atoms with van der Waals surface area (Å²) in [6.07, 6.45) is 0. The molecule has 0 nitrogen and oxygen atoms in total. The molecule has 0 aliphatic rings. The third-order valence-electron chi connectivity index (χ3n) is 0.733. The first kappa shape index (κ1) is 5.09. The fourth-order valence-electron chi connectivity index (χ4n) is 0.415. The standard InChI is InChI=1S/C6H5I/c7-6-4-2-1-3-5-6/h1-5H/q+1. The smallest absolute Gasteiger partial charge is 0.0619 e. The van der Waals surface area contributed by atoms with Crippen LogP contribution in [0.25, 0.3) is 0 Å². The van der Waals surface area contributed by atoms with Crippen LogP contribution in [-0.4, -0.2) is 0 Å². The Kier molecular flexibility index (Phi) is 1.68. The molecule has 0 N–H and O–H groups in total. The normalized spacial score (nSPS) is 8.71. The van der Waals surface area contributed by atoms with Gasteiger partial charge in [0.25, 0.3) is 0 Å². The molecule has 0 heterocycles. The lowest BCUT2D eigenvalue weighted by atomic mass is 10.4. The Balaban J connectivity index is 3.02. The number of hydrogen-bond donors (Lipinski definition) is 0. The van der Waals surface area contributed by atoms with Gasteiger partial charge in [0.05, 0.1) is 0 Å². The third kappa shape index (κ3) is 1.47. The van der Waals surface area contributed by atoms with Gasteiger partial charge in [0.1, 0.15) is 0 Å². The molecule has 1 heteroatoms. The van der Waals surface area contributed by atoms with Gasteiger partial charge in [-0.1, -0.05) is 18.2 Å². The second-order valence-electron chi connectivity index (χ2n) is 1.30. The van der Waals surface area contributed by atoms with E-state index >= 15 is 0 Å². The van der Waals surface area contributed by atoms with Crippen LogP contribution in [0.3, 0.4) is 0 Å². The monoisotopic (exact) mass is 204 g/mol. The largest absolute Gasteiger partial charge is 0.623 e. The predicted molar refractivity (Wildman–Crippen MR) is 25.1 cm³/mol. The first-order chi connectivity index (χ1) is 3.39. The van der Waals surface area contributed by atoms with E-state index in [1.165, 1.54) is 3.57 Å². The van der Waals surface area contributed by atoms with Gasteiger partial charge < -0.3 is 0 Å². The molecule has 0 aromatic heterocycles. The number of rotatable bonds is 0. The van der Waals surface area contributed by atoms with E-state index in [0.29, 0.717) is 0 Å². The first-order valence-electron chi connectivity index (χ1n) is 2.10. The molecular formula is C6H5I+. The maximum Gasteiger partial charge on any atom is 0.623 e. The molecule has 7 heavy (non-hydrogen) atoms. The van der Waals surface area contributed by atoms with E-state index in [2.05, 4.69) is 34.7 Å². The van der Waals surface area contributed by atoms with Crippen LogP contribution in [0.2, 0.25) is 0 Å². The van der Waals surface area contributed by atoms with Gasteiger partial charge in [-0.3, -0.25) is 0 Å². The molecule has 0 atom stereocenters. The topological polar surface area (TPSA) is 0 Å². The Morgan fingerprint density at radius 3 is 1.86 bits per heavy atom. The Morgan fingerprint density at radius 2 is 1.57 bits per heavy atom. The summed E-state index contributed by atoms with van der Waals surface area (Å²) in [5, 5.41) is 0. The van der Waals surface area contributed by atoms with Gasteiger partial charge in [0, 0.05) is 0 Å². The molecule has 0 amide bonds. The van der Waals surface area contributed by atoms with Crippen molar-refractivity contribution in [3.63, 3.8) is 0 Å². The van der Waals surface area contributed by atoms with E-state index in [1.807, 2.05) is 18.2 Å². The summed E-state index contributed by atoms with van der Waals surface area (Å²) in [6.45, 7) is 0. The fourth-order valence-corrected chi connectivity index (χ4v) is 0.830. The van der Waals surface area contributed by atoms with Crippen LogP contribution in [0.15, 0.2) is 30.3 Å². The van der Waals surface area contributed by atoms with Crippen LogP contribution in [0.5, 0.6) is 0 Å². The highest BCUT2D eigenvalue weighted by Gasteiger charge is 1.94. The summed E-state index contributed by atoms with van der Waals surface area (Å²) in [7, 11) is 0. The molecule has 0 saturated carbocycles. The van der Waals surface area contributed by atoms with Crippen molar-refractivity contribution >= 4 is 0 Å². The first-order valence-corrected chi connectivity index (χ1v) is 3.18. The van der Waals surface area contributed by atoms with Gasteiger partial charge in [-0.05, 0) is 12.1 Å². The summed E-state index contributed by atoms with van der Waals surface area (Å²) in [4.78, 5) is 0. The van der Waals surface area contributed by atoms with E-state index in [9.17, 15) is 0 Å². The predicted octanol–water partition coefficient (Wildman–Crippen LogP) is -1.59. The van der Waals surface area contributed by atoms with E-state index < -0.39 is 0 Å². The molecule has 1 aromatic carbocycles. The minimum absolute atomic E-state index is 1.29. The maximum atomic E-state index is 2.28. The van der Waals surface area contributed by atoms with Crippen molar-refractivity contribution in [3.8, 4) is 0 Å². The van der Waals surface area contributed by atoms with Crippen LogP contribution in [0.1, 0.15) is 0 Å². The minimum atomic E-state index is 1.29. The van der Waals surface area contributed by atoms with Crippen LogP contribution in [0.4, 0.5) is 0 Å². The van der Waals surface area contributed by atoms with E-state index in [1.54, 1.807) is 0 Å². The van der Waals surface area contributed by atoms with Crippen molar-refractivity contribution in [2.45, 2.75) is 0 Å². The molecule has 35 valence electrons. The lowest BCUT2D eigenvalue weighted by Crippen LogP contribution is -3.34. The molecule has 0 aliphatic heterocycles. The third-order valence-corrected chi connectivity index (χ3v) is 1.45. The highest BCUT2D eigenvalue weighted by Crippen LogP contribution is 1.80. The SMILES string of the molecule is [I+]c1ccccc1. The second kappa shape index (κ2) is 2.31. The highest BCUT2D eigenvalue weighted by atomic mass is 127. The maximum absolute atomic E-state index is 2.28. The second-order valence-corrected chi connectivity index (χ2v) is 2.54. The average Bonchev–Trinajstić information content (AvgIpc) is 1.69. The van der Waals surface area contributed by atoms with Gasteiger partial charge in [-0.25, -0.2) is 0 Å². The van der Waals surface area contributed by atoms with Crippen molar-refractivity contribution in [1.82, 2.24) is 0 Å². The van der Waals surface area contributed by atoms with Crippen molar-refractivity contribution in [1.29, 1.82) is 0 Å². The van der Waals surface area contributed by atoms with Crippen LogP contribution < -0.4 is 22.6 Å². The molecule has 0 saturated heterocycles. The Hall–Kier alpha value is -0.0500. The summed E-state index contributed by atoms with van der Waals surface area (Å²) >= 11 is 2.28. The molecule has 0 unspecified atom stereocenters. The molecule has 0 fully saturated rings. The van der Waals surface area contributed by atoms with Crippen LogP contribution in [-0.2, 0) is 0 Å². The molecule has 0 bridgehead atoms. The minimum Gasteiger partial charge on any atom is -0.0619 e. The Morgan fingerprint density at radius 1 is 1.00 bits per heavy atom. The molecule has 1 radical (unpaired) electrons. The Labute approximate surface area is 56.7 Å². The van der Waals surface area contributed by atoms with E-state index in [0.717, 1.165) is 0 Å². The van der Waals surface area contributed by atoms with Gasteiger partial charge >= 0.3 is 22.6 Å². The van der Waals surface area contributed by atoms with Crippen LogP contribution >= 0.6 is 0 Å². The lowest BCUT2D eigenvalue weighted by molar-refractivity contribution is -0.328. The summed E-state index contributed by atoms with van der Waals surface area (Å²) < 4.78 is 1.29. The molecular weight excluding hydrogens is 199 g/mol. The van der Waals surface area contributed by atoms with E-state index in [4.69, 9.17) is 0 Å². The van der Waals surface area contributed by atoms with Gasteiger partial charge in [0.15, 0.2) is 0 Å². The summed E-state index contributed by atoms with van der Waals surface area (Å²) in [5.74, 6) is 0. The zero-order chi connectivity index (χ0) is 5.11. The van der Waals surface area contributed by atoms with Crippen molar-refractivity contribution < 1.29 is 22.6 Å².